The molecule has 16 heavy (non-hydrogen) atoms. The second kappa shape index (κ2) is 5.41. The molecule has 0 radical (unpaired) electrons. The van der Waals surface area contributed by atoms with Crippen molar-refractivity contribution in [1.82, 2.24) is 19.9 Å². The van der Waals surface area contributed by atoms with Crippen LogP contribution in [0.4, 0.5) is 0 Å². The molecule has 90 valence electrons. The Hall–Kier alpha value is -0.940. The Bertz CT molecular complexity index is 318. The molecule has 0 unspecified atom stereocenters. The molecule has 0 spiro atoms. The first-order valence-corrected chi connectivity index (χ1v) is 5.96. The van der Waals surface area contributed by atoms with E-state index in [2.05, 4.69) is 22.3 Å². The highest BCUT2D eigenvalue weighted by atomic mass is 16.3. The minimum atomic E-state index is -0.0196. The summed E-state index contributed by atoms with van der Waals surface area (Å²) in [6.45, 7) is 3.32. The second-order valence-electron chi connectivity index (χ2n) is 4.67. The van der Waals surface area contributed by atoms with E-state index in [1.807, 2.05) is 10.9 Å². The van der Waals surface area contributed by atoms with Gasteiger partial charge in [-0.2, -0.15) is 0 Å². The van der Waals surface area contributed by atoms with Crippen LogP contribution in [0, 0.1) is 5.92 Å². The molecule has 2 rings (SSSR count). The number of nitrogens with zero attached hydrogens (tertiary/aromatic N) is 4. The molecule has 0 atom stereocenters. The van der Waals surface area contributed by atoms with Gasteiger partial charge in [-0.25, -0.2) is 0 Å². The van der Waals surface area contributed by atoms with Crippen molar-refractivity contribution in [1.29, 1.82) is 0 Å². The smallest absolute Gasteiger partial charge is 0.108 e. The van der Waals surface area contributed by atoms with E-state index in [1.54, 1.807) is 0 Å². The van der Waals surface area contributed by atoms with Crippen LogP contribution in [0.3, 0.4) is 0 Å². The molecule has 1 aromatic rings. The summed E-state index contributed by atoms with van der Waals surface area (Å²) in [5, 5.41) is 16.7. The molecule has 0 aliphatic carbocycles. The van der Waals surface area contributed by atoms with E-state index in [9.17, 15) is 0 Å². The first-order chi connectivity index (χ1) is 7.78. The van der Waals surface area contributed by atoms with Crippen molar-refractivity contribution in [3.05, 3.63) is 11.9 Å². The fourth-order valence-corrected chi connectivity index (χ4v) is 2.19. The maximum absolute atomic E-state index is 8.88. The van der Waals surface area contributed by atoms with Crippen LogP contribution >= 0.6 is 0 Å². The number of aliphatic hydroxyl groups is 1. The summed E-state index contributed by atoms with van der Waals surface area (Å²) in [6, 6.07) is 0. The van der Waals surface area contributed by atoms with Crippen LogP contribution in [-0.4, -0.2) is 45.1 Å². The van der Waals surface area contributed by atoms with E-state index < -0.39 is 0 Å². The lowest BCUT2D eigenvalue weighted by atomic mass is 9.94. The average Bonchev–Trinajstić information content (AvgIpc) is 2.76. The van der Waals surface area contributed by atoms with Crippen LogP contribution in [0.2, 0.25) is 0 Å². The largest absolute Gasteiger partial charge is 0.390 e. The number of aromatic nitrogens is 3. The number of hydrogen-bond acceptors (Lipinski definition) is 4. The summed E-state index contributed by atoms with van der Waals surface area (Å²) >= 11 is 0. The van der Waals surface area contributed by atoms with E-state index in [4.69, 9.17) is 5.11 Å². The summed E-state index contributed by atoms with van der Waals surface area (Å²) in [5.74, 6) is 0.818. The molecule has 5 heteroatoms. The summed E-state index contributed by atoms with van der Waals surface area (Å²) in [4.78, 5) is 2.38. The zero-order valence-corrected chi connectivity index (χ0v) is 9.84. The predicted molar refractivity (Wildman–Crippen MR) is 60.8 cm³/mol. The summed E-state index contributed by atoms with van der Waals surface area (Å²) in [6.07, 6.45) is 5.58. The standard InChI is InChI=1S/C11H20N4O/c1-14-5-2-10(3-6-14)4-7-15-8-11(9-16)12-13-15/h8,10,16H,2-7,9H2,1H3. The number of likely N-dealkylation sites (tertiary alicyclic amines) is 1. The van der Waals surface area contributed by atoms with Crippen LogP contribution in [-0.2, 0) is 13.2 Å². The van der Waals surface area contributed by atoms with Gasteiger partial charge < -0.3 is 10.0 Å². The van der Waals surface area contributed by atoms with Crippen LogP contribution in [0.15, 0.2) is 6.20 Å². The second-order valence-corrected chi connectivity index (χ2v) is 4.67. The number of aryl methyl sites for hydroxylation is 1. The third-order valence-electron chi connectivity index (χ3n) is 3.35. The fourth-order valence-electron chi connectivity index (χ4n) is 2.19. The van der Waals surface area contributed by atoms with Gasteiger partial charge in [-0.05, 0) is 45.3 Å². The molecule has 1 aliphatic rings. The summed E-state index contributed by atoms with van der Waals surface area (Å²) in [5.41, 5.74) is 0.656. The molecule has 0 bridgehead atoms. The average molecular weight is 224 g/mol. The number of rotatable bonds is 4. The quantitative estimate of drug-likeness (QED) is 0.809. The van der Waals surface area contributed by atoms with Crippen LogP contribution in [0.25, 0.3) is 0 Å². The van der Waals surface area contributed by atoms with Crippen LogP contribution in [0.1, 0.15) is 25.0 Å². The molecule has 2 heterocycles. The van der Waals surface area contributed by atoms with Gasteiger partial charge in [-0.15, -0.1) is 5.10 Å². The molecule has 0 saturated carbocycles. The van der Waals surface area contributed by atoms with Gasteiger partial charge in [-0.3, -0.25) is 4.68 Å². The molecule has 5 nitrogen and oxygen atoms in total. The van der Waals surface area contributed by atoms with Gasteiger partial charge in [0, 0.05) is 6.54 Å². The molecule has 0 aromatic carbocycles. The van der Waals surface area contributed by atoms with Crippen molar-refractivity contribution in [2.75, 3.05) is 20.1 Å². The van der Waals surface area contributed by atoms with Crippen molar-refractivity contribution in [2.45, 2.75) is 32.4 Å². The van der Waals surface area contributed by atoms with Gasteiger partial charge in [0.15, 0.2) is 0 Å². The molecule has 1 aromatic heterocycles. The lowest BCUT2D eigenvalue weighted by molar-refractivity contribution is 0.206. The van der Waals surface area contributed by atoms with Gasteiger partial charge >= 0.3 is 0 Å². The molecular weight excluding hydrogens is 204 g/mol. The van der Waals surface area contributed by atoms with Crippen molar-refractivity contribution < 1.29 is 5.11 Å². The highest BCUT2D eigenvalue weighted by Crippen LogP contribution is 2.19. The molecule has 0 amide bonds. The molecule has 1 aliphatic heterocycles. The summed E-state index contributed by atoms with van der Waals surface area (Å²) < 4.78 is 1.84. The molecule has 1 fully saturated rings. The topological polar surface area (TPSA) is 54.2 Å². The zero-order valence-electron chi connectivity index (χ0n) is 9.84. The minimum absolute atomic E-state index is 0.0196. The van der Waals surface area contributed by atoms with Crippen LogP contribution in [0.5, 0.6) is 0 Å². The van der Waals surface area contributed by atoms with E-state index in [1.165, 1.54) is 32.4 Å². The number of hydrogen-bond donors (Lipinski definition) is 1. The normalized spacial score (nSPS) is 19.1. The van der Waals surface area contributed by atoms with Crippen LogP contribution < -0.4 is 0 Å². The Morgan fingerprint density at radius 1 is 1.44 bits per heavy atom. The van der Waals surface area contributed by atoms with Crippen molar-refractivity contribution in [3.8, 4) is 0 Å². The predicted octanol–water partition coefficient (Wildman–Crippen LogP) is 0.502. The molecule has 1 saturated heterocycles. The minimum Gasteiger partial charge on any atom is -0.390 e. The first-order valence-electron chi connectivity index (χ1n) is 5.96. The monoisotopic (exact) mass is 224 g/mol. The van der Waals surface area contributed by atoms with Crippen molar-refractivity contribution >= 4 is 0 Å². The van der Waals surface area contributed by atoms with Crippen molar-refractivity contribution in [2.24, 2.45) is 5.92 Å². The van der Waals surface area contributed by atoms with E-state index in [0.29, 0.717) is 5.69 Å². The number of aliphatic hydroxyl groups excluding tert-OH is 1. The van der Waals surface area contributed by atoms with Gasteiger partial charge in [-0.1, -0.05) is 5.21 Å². The molecular formula is C11H20N4O. The summed E-state index contributed by atoms with van der Waals surface area (Å²) in [7, 11) is 2.18. The van der Waals surface area contributed by atoms with Gasteiger partial charge in [0.05, 0.1) is 12.8 Å². The highest BCUT2D eigenvalue weighted by Gasteiger charge is 2.16. The van der Waals surface area contributed by atoms with Gasteiger partial charge in [0.1, 0.15) is 5.69 Å². The zero-order chi connectivity index (χ0) is 11.4. The maximum atomic E-state index is 8.88. The number of piperidine rings is 1. The van der Waals surface area contributed by atoms with E-state index in [-0.39, 0.29) is 6.61 Å². The lowest BCUT2D eigenvalue weighted by Gasteiger charge is -2.28. The SMILES string of the molecule is CN1CCC(CCn2cc(CO)nn2)CC1. The highest BCUT2D eigenvalue weighted by molar-refractivity contribution is 4.88. The Morgan fingerprint density at radius 3 is 2.81 bits per heavy atom. The van der Waals surface area contributed by atoms with Gasteiger partial charge in [0.25, 0.3) is 0 Å². The van der Waals surface area contributed by atoms with Gasteiger partial charge in [0.2, 0.25) is 0 Å². The third kappa shape index (κ3) is 3.02. The maximum Gasteiger partial charge on any atom is 0.108 e. The first kappa shape index (κ1) is 11.5. The van der Waals surface area contributed by atoms with E-state index in [0.717, 1.165) is 12.5 Å². The Balaban J connectivity index is 1.74. The van der Waals surface area contributed by atoms with E-state index >= 15 is 0 Å². The van der Waals surface area contributed by atoms with Crippen molar-refractivity contribution in [3.63, 3.8) is 0 Å². The molecule has 1 N–H and O–H groups in total. The lowest BCUT2D eigenvalue weighted by Crippen LogP contribution is -2.30. The third-order valence-corrected chi connectivity index (χ3v) is 3.35. The Labute approximate surface area is 96.1 Å². The fraction of sp³-hybridized carbons (Fsp3) is 0.818. The Kier molecular flexibility index (Phi) is 3.90. The Morgan fingerprint density at radius 2 is 2.19 bits per heavy atom.